The topological polar surface area (TPSA) is 97.1 Å². The van der Waals surface area contributed by atoms with E-state index in [1.165, 1.54) is 22.7 Å². The summed E-state index contributed by atoms with van der Waals surface area (Å²) < 4.78 is 0. The van der Waals surface area contributed by atoms with Crippen LogP contribution in [0.1, 0.15) is 62.5 Å². The number of hydrogen-bond acceptors (Lipinski definition) is 6. The molecule has 35 heavy (non-hydrogen) atoms. The molecular weight excluding hydrogens is 476 g/mol. The molecule has 0 unspecified atom stereocenters. The van der Waals surface area contributed by atoms with Crippen LogP contribution in [-0.4, -0.2) is 22.8 Å². The second kappa shape index (κ2) is 9.43. The number of aromatic nitrogens is 1. The van der Waals surface area contributed by atoms with E-state index in [-0.39, 0.29) is 17.9 Å². The van der Waals surface area contributed by atoms with Crippen LogP contribution < -0.4 is 16.4 Å². The van der Waals surface area contributed by atoms with Crippen molar-refractivity contribution in [1.82, 2.24) is 10.3 Å². The first-order chi connectivity index (χ1) is 16.8. The van der Waals surface area contributed by atoms with E-state index >= 15 is 0 Å². The van der Waals surface area contributed by atoms with Crippen molar-refractivity contribution >= 4 is 56.1 Å². The molecule has 5 rings (SSSR count). The highest BCUT2D eigenvalue weighted by atomic mass is 32.1. The molecule has 6 nitrogen and oxygen atoms in total. The zero-order chi connectivity index (χ0) is 24.7. The Morgan fingerprint density at radius 3 is 2.54 bits per heavy atom. The summed E-state index contributed by atoms with van der Waals surface area (Å²) in [5, 5.41) is 8.84. The minimum atomic E-state index is -0.241. The number of hydrogen-bond donors (Lipinski definition) is 3. The van der Waals surface area contributed by atoms with Crippen LogP contribution in [0, 0.1) is 20.8 Å². The van der Waals surface area contributed by atoms with Crippen LogP contribution in [0.5, 0.6) is 0 Å². The number of anilines is 2. The molecule has 8 heteroatoms. The maximum atomic E-state index is 13.7. The molecule has 0 spiro atoms. The second-order valence-electron chi connectivity index (χ2n) is 9.18. The number of carbonyl (C=O) groups is 2. The van der Waals surface area contributed by atoms with E-state index in [1.54, 1.807) is 0 Å². The summed E-state index contributed by atoms with van der Waals surface area (Å²) in [5.74, 6) is -0.400. The molecule has 1 aliphatic rings. The maximum absolute atomic E-state index is 13.7. The molecule has 180 valence electrons. The molecule has 1 aliphatic carbocycles. The minimum absolute atomic E-state index is 0.159. The van der Waals surface area contributed by atoms with Gasteiger partial charge < -0.3 is 16.4 Å². The van der Waals surface area contributed by atoms with Crippen molar-refractivity contribution < 1.29 is 9.59 Å². The predicted molar refractivity (Wildman–Crippen MR) is 146 cm³/mol. The molecule has 3 heterocycles. The van der Waals surface area contributed by atoms with Gasteiger partial charge in [0.15, 0.2) is 0 Å². The van der Waals surface area contributed by atoms with Gasteiger partial charge in [0.25, 0.3) is 11.8 Å². The Bertz CT molecular complexity index is 1430. The molecule has 4 aromatic rings. The largest absolute Gasteiger partial charge is 0.397 e. The summed E-state index contributed by atoms with van der Waals surface area (Å²) in [5.41, 5.74) is 11.7. The zero-order valence-electron chi connectivity index (χ0n) is 20.0. The van der Waals surface area contributed by atoms with Crippen molar-refractivity contribution in [3.05, 3.63) is 63.0 Å². The summed E-state index contributed by atoms with van der Waals surface area (Å²) >= 11 is 2.83. The summed E-state index contributed by atoms with van der Waals surface area (Å²) in [4.78, 5) is 33.6. The lowest BCUT2D eigenvalue weighted by atomic mass is 9.99. The molecule has 0 aliphatic heterocycles. The Morgan fingerprint density at radius 1 is 1.09 bits per heavy atom. The predicted octanol–water partition coefficient (Wildman–Crippen LogP) is 6.46. The van der Waals surface area contributed by atoms with Gasteiger partial charge in [-0.25, -0.2) is 4.98 Å². The van der Waals surface area contributed by atoms with Crippen LogP contribution in [0.2, 0.25) is 0 Å². The van der Waals surface area contributed by atoms with Gasteiger partial charge in [-0.15, -0.1) is 22.7 Å². The van der Waals surface area contributed by atoms with Gasteiger partial charge in [0.2, 0.25) is 0 Å². The summed E-state index contributed by atoms with van der Waals surface area (Å²) in [7, 11) is 0. The first-order valence-electron chi connectivity index (χ1n) is 11.8. The molecule has 1 fully saturated rings. The van der Waals surface area contributed by atoms with Crippen LogP contribution in [-0.2, 0) is 0 Å². The summed E-state index contributed by atoms with van der Waals surface area (Å²) in [6, 6.07) is 10.0. The van der Waals surface area contributed by atoms with Gasteiger partial charge in [0.05, 0.1) is 16.9 Å². The maximum Gasteiger partial charge on any atom is 0.263 e. The van der Waals surface area contributed by atoms with Crippen LogP contribution in [0.25, 0.3) is 20.7 Å². The molecule has 0 bridgehead atoms. The molecule has 0 atom stereocenters. The van der Waals surface area contributed by atoms with Crippen LogP contribution in [0.3, 0.4) is 0 Å². The molecule has 4 N–H and O–H groups in total. The van der Waals surface area contributed by atoms with E-state index in [9.17, 15) is 9.59 Å². The summed E-state index contributed by atoms with van der Waals surface area (Å²) in [6.07, 6.45) is 4.26. The highest BCUT2D eigenvalue weighted by Crippen LogP contribution is 2.43. The smallest absolute Gasteiger partial charge is 0.263 e. The van der Waals surface area contributed by atoms with Gasteiger partial charge in [0, 0.05) is 27.6 Å². The number of aryl methyl sites for hydroxylation is 3. The van der Waals surface area contributed by atoms with E-state index in [1.807, 2.05) is 56.5 Å². The van der Waals surface area contributed by atoms with E-state index in [0.717, 1.165) is 52.9 Å². The second-order valence-corrected chi connectivity index (χ2v) is 11.1. The van der Waals surface area contributed by atoms with E-state index in [4.69, 9.17) is 10.7 Å². The van der Waals surface area contributed by atoms with Crippen LogP contribution in [0.15, 0.2) is 35.7 Å². The lowest BCUT2D eigenvalue weighted by molar-refractivity contribution is 0.0942. The Kier molecular flexibility index (Phi) is 6.34. The fourth-order valence-corrected chi connectivity index (χ4v) is 6.68. The number of nitrogen functional groups attached to an aromatic ring is 1. The minimum Gasteiger partial charge on any atom is -0.397 e. The Hall–Kier alpha value is -3.23. The van der Waals surface area contributed by atoms with Crippen molar-refractivity contribution in [2.75, 3.05) is 11.1 Å². The fourth-order valence-electron chi connectivity index (χ4n) is 4.84. The first kappa shape index (κ1) is 23.5. The number of nitrogens with zero attached hydrogens (tertiary/aromatic N) is 1. The average Bonchev–Trinajstić information content (AvgIpc) is 3.57. The standard InChI is InChI=1S/C27H28N4O2S2/c1-14-10-11-18(15(2)13-14)31-25(32)20-16(3)29-27-22(21(20)19-9-6-12-34-19)23(28)24(35-27)26(33)30-17-7-4-5-8-17/h6,9-13,17H,4-5,7-8,28H2,1-3H3,(H,30,33)(H,31,32). The van der Waals surface area contributed by atoms with E-state index in [2.05, 4.69) is 10.6 Å². The monoisotopic (exact) mass is 504 g/mol. The summed E-state index contributed by atoms with van der Waals surface area (Å²) in [6.45, 7) is 5.83. The highest BCUT2D eigenvalue weighted by Gasteiger charge is 2.28. The molecule has 1 saturated carbocycles. The van der Waals surface area contributed by atoms with Crippen LogP contribution >= 0.6 is 22.7 Å². The number of rotatable bonds is 5. The number of nitrogens with one attached hydrogen (secondary N) is 2. The van der Waals surface area contributed by atoms with Crippen molar-refractivity contribution in [3.8, 4) is 10.4 Å². The van der Waals surface area contributed by atoms with E-state index < -0.39 is 0 Å². The lowest BCUT2D eigenvalue weighted by Crippen LogP contribution is -2.32. The fraction of sp³-hybridized carbons (Fsp3) is 0.296. The molecule has 1 aromatic carbocycles. The van der Waals surface area contributed by atoms with Gasteiger partial charge in [-0.3, -0.25) is 9.59 Å². The number of pyridine rings is 1. The number of amides is 2. The van der Waals surface area contributed by atoms with Crippen LogP contribution in [0.4, 0.5) is 11.4 Å². The lowest BCUT2D eigenvalue weighted by Gasteiger charge is -2.15. The average molecular weight is 505 g/mol. The molecule has 0 saturated heterocycles. The van der Waals surface area contributed by atoms with Crippen molar-refractivity contribution in [1.29, 1.82) is 0 Å². The zero-order valence-corrected chi connectivity index (χ0v) is 21.7. The van der Waals surface area contributed by atoms with Gasteiger partial charge in [0.1, 0.15) is 9.71 Å². The third kappa shape index (κ3) is 4.44. The van der Waals surface area contributed by atoms with Crippen molar-refractivity contribution in [3.63, 3.8) is 0 Å². The molecule has 2 amide bonds. The third-order valence-corrected chi connectivity index (χ3v) is 8.56. The number of benzene rings is 1. The number of nitrogens with two attached hydrogens (primary N) is 1. The number of thiophene rings is 2. The SMILES string of the molecule is Cc1ccc(NC(=O)c2c(C)nc3sc(C(=O)NC4CCCC4)c(N)c3c2-c2cccs2)c(C)c1. The number of fused-ring (bicyclic) bond motifs is 1. The molecule has 0 radical (unpaired) electrons. The highest BCUT2D eigenvalue weighted by molar-refractivity contribution is 7.21. The van der Waals surface area contributed by atoms with Crippen molar-refractivity contribution in [2.45, 2.75) is 52.5 Å². The van der Waals surface area contributed by atoms with Gasteiger partial charge in [-0.2, -0.15) is 0 Å². The molecular formula is C27H28N4O2S2. The Labute approximate surface area is 212 Å². The Balaban J connectivity index is 1.63. The molecule has 3 aromatic heterocycles. The number of carbonyl (C=O) groups excluding carboxylic acids is 2. The van der Waals surface area contributed by atoms with Gasteiger partial charge in [-0.05, 0) is 56.7 Å². The van der Waals surface area contributed by atoms with Gasteiger partial charge in [-0.1, -0.05) is 36.6 Å². The normalized spacial score (nSPS) is 13.9. The Morgan fingerprint density at radius 2 is 1.86 bits per heavy atom. The quantitative estimate of drug-likeness (QED) is 0.291. The van der Waals surface area contributed by atoms with E-state index in [0.29, 0.717) is 32.0 Å². The first-order valence-corrected chi connectivity index (χ1v) is 13.5. The van der Waals surface area contributed by atoms with Crippen molar-refractivity contribution in [2.24, 2.45) is 0 Å². The third-order valence-electron chi connectivity index (χ3n) is 6.58. The van der Waals surface area contributed by atoms with Gasteiger partial charge >= 0.3 is 0 Å².